The van der Waals surface area contributed by atoms with E-state index in [9.17, 15) is 8.42 Å². The van der Waals surface area contributed by atoms with E-state index in [1.807, 2.05) is 6.26 Å². The van der Waals surface area contributed by atoms with E-state index in [1.54, 1.807) is 23.9 Å². The smallest absolute Gasteiger partial charge is 0.242 e. The molecule has 0 fully saturated rings. The number of sulfonamides is 1. The third-order valence-corrected chi connectivity index (χ3v) is 6.39. The molecule has 0 heterocycles. The van der Waals surface area contributed by atoms with Crippen LogP contribution in [0.3, 0.4) is 0 Å². The highest BCUT2D eigenvalue weighted by Crippen LogP contribution is 2.32. The third-order valence-electron chi connectivity index (χ3n) is 2.36. The molecular formula is C11H16Br2N2O2S2. The molecule has 3 N–H and O–H groups in total. The van der Waals surface area contributed by atoms with Crippen molar-refractivity contribution < 1.29 is 8.42 Å². The van der Waals surface area contributed by atoms with Crippen molar-refractivity contribution in [3.05, 3.63) is 21.1 Å². The second kappa shape index (κ2) is 7.87. The van der Waals surface area contributed by atoms with E-state index in [1.165, 1.54) is 0 Å². The molecule has 8 heteroatoms. The molecule has 108 valence electrons. The molecule has 0 radical (unpaired) electrons. The van der Waals surface area contributed by atoms with Gasteiger partial charge in [0.05, 0.1) is 0 Å². The average molecular weight is 432 g/mol. The molecule has 0 saturated heterocycles. The van der Waals surface area contributed by atoms with Gasteiger partial charge in [0.25, 0.3) is 0 Å². The normalized spacial score (nSPS) is 11.7. The number of thioether (sulfide) groups is 1. The maximum absolute atomic E-state index is 12.2. The quantitative estimate of drug-likeness (QED) is 0.513. The van der Waals surface area contributed by atoms with Crippen molar-refractivity contribution in [2.24, 2.45) is 0 Å². The van der Waals surface area contributed by atoms with Crippen LogP contribution in [0, 0.1) is 0 Å². The monoisotopic (exact) mass is 430 g/mol. The number of anilines is 1. The van der Waals surface area contributed by atoms with Crippen LogP contribution in [0.25, 0.3) is 0 Å². The van der Waals surface area contributed by atoms with E-state index in [2.05, 4.69) is 36.6 Å². The molecule has 1 aromatic carbocycles. The van der Waals surface area contributed by atoms with Gasteiger partial charge >= 0.3 is 0 Å². The molecule has 0 spiro atoms. The molecule has 4 nitrogen and oxygen atoms in total. The Morgan fingerprint density at radius 2 is 1.84 bits per heavy atom. The Morgan fingerprint density at radius 3 is 2.37 bits per heavy atom. The van der Waals surface area contributed by atoms with Gasteiger partial charge in [0, 0.05) is 21.2 Å². The zero-order valence-corrected chi connectivity index (χ0v) is 15.3. The average Bonchev–Trinajstić information content (AvgIpc) is 2.26. The van der Waals surface area contributed by atoms with Crippen molar-refractivity contribution in [3.63, 3.8) is 0 Å². The summed E-state index contributed by atoms with van der Waals surface area (Å²) in [4.78, 5) is 0.187. The van der Waals surface area contributed by atoms with Gasteiger partial charge in [-0.25, -0.2) is 13.1 Å². The fraction of sp³-hybridized carbons (Fsp3) is 0.455. The molecule has 0 aliphatic heterocycles. The summed E-state index contributed by atoms with van der Waals surface area (Å²) in [5.41, 5.74) is 6.15. The van der Waals surface area contributed by atoms with Crippen LogP contribution in [0.5, 0.6) is 0 Å². The highest BCUT2D eigenvalue weighted by atomic mass is 79.9. The fourth-order valence-electron chi connectivity index (χ4n) is 1.49. The van der Waals surface area contributed by atoms with Crippen LogP contribution in [-0.2, 0) is 10.0 Å². The number of nitrogens with two attached hydrogens (primary N) is 1. The lowest BCUT2D eigenvalue weighted by atomic mass is 10.3. The maximum atomic E-state index is 12.2. The van der Waals surface area contributed by atoms with E-state index in [4.69, 9.17) is 5.73 Å². The minimum absolute atomic E-state index is 0.187. The SMILES string of the molecule is CSCCCCNS(=O)(=O)c1c(Br)cc(N)cc1Br. The molecule has 0 atom stereocenters. The zero-order chi connectivity index (χ0) is 14.5. The Morgan fingerprint density at radius 1 is 1.26 bits per heavy atom. The Labute approximate surface area is 135 Å². The summed E-state index contributed by atoms with van der Waals surface area (Å²) in [5, 5.41) is 0. The van der Waals surface area contributed by atoms with Crippen LogP contribution in [0.4, 0.5) is 5.69 Å². The zero-order valence-electron chi connectivity index (χ0n) is 10.4. The van der Waals surface area contributed by atoms with Gasteiger partial charge in [-0.15, -0.1) is 0 Å². The van der Waals surface area contributed by atoms with Gasteiger partial charge in [0.15, 0.2) is 0 Å². The van der Waals surface area contributed by atoms with Gasteiger partial charge in [-0.2, -0.15) is 11.8 Å². The Balaban J connectivity index is 2.78. The first-order valence-electron chi connectivity index (χ1n) is 5.61. The number of rotatable bonds is 7. The Hall–Kier alpha value is 0.240. The summed E-state index contributed by atoms with van der Waals surface area (Å²) in [7, 11) is -3.53. The summed E-state index contributed by atoms with van der Waals surface area (Å²) < 4.78 is 27.9. The molecule has 0 aliphatic rings. The highest BCUT2D eigenvalue weighted by Gasteiger charge is 2.21. The van der Waals surface area contributed by atoms with Gasteiger partial charge in [-0.05, 0) is 68.8 Å². The molecule has 1 aromatic rings. The largest absolute Gasteiger partial charge is 0.399 e. The first-order chi connectivity index (χ1) is 8.88. The topological polar surface area (TPSA) is 72.2 Å². The number of unbranched alkanes of at least 4 members (excludes halogenated alkanes) is 1. The lowest BCUT2D eigenvalue weighted by Gasteiger charge is -2.11. The Kier molecular flexibility index (Phi) is 7.17. The summed E-state index contributed by atoms with van der Waals surface area (Å²) >= 11 is 8.23. The van der Waals surface area contributed by atoms with E-state index < -0.39 is 10.0 Å². The van der Waals surface area contributed by atoms with Crippen molar-refractivity contribution in [2.45, 2.75) is 17.7 Å². The van der Waals surface area contributed by atoms with Gasteiger partial charge in [0.2, 0.25) is 10.0 Å². The molecular weight excluding hydrogens is 416 g/mol. The number of hydrogen-bond donors (Lipinski definition) is 2. The van der Waals surface area contributed by atoms with E-state index >= 15 is 0 Å². The number of halogens is 2. The summed E-state index contributed by atoms with van der Waals surface area (Å²) in [5.74, 6) is 1.04. The van der Waals surface area contributed by atoms with Crippen molar-refractivity contribution in [1.82, 2.24) is 4.72 Å². The van der Waals surface area contributed by atoms with Crippen LogP contribution in [0.15, 0.2) is 26.0 Å². The third kappa shape index (κ3) is 5.26. The maximum Gasteiger partial charge on any atom is 0.242 e. The van der Waals surface area contributed by atoms with Crippen molar-refractivity contribution in [1.29, 1.82) is 0 Å². The van der Waals surface area contributed by atoms with Crippen LogP contribution in [0.1, 0.15) is 12.8 Å². The summed E-state index contributed by atoms with van der Waals surface area (Å²) in [6.45, 7) is 0.437. The molecule has 0 aliphatic carbocycles. The second-order valence-electron chi connectivity index (χ2n) is 3.91. The van der Waals surface area contributed by atoms with E-state index in [-0.39, 0.29) is 4.90 Å². The Bertz CT molecular complexity index is 512. The fourth-order valence-corrected chi connectivity index (χ4v) is 5.67. The van der Waals surface area contributed by atoms with Crippen LogP contribution in [0.2, 0.25) is 0 Å². The highest BCUT2D eigenvalue weighted by molar-refractivity contribution is 9.11. The van der Waals surface area contributed by atoms with Gasteiger partial charge in [-0.3, -0.25) is 0 Å². The van der Waals surface area contributed by atoms with Gasteiger partial charge in [0.1, 0.15) is 4.90 Å². The lowest BCUT2D eigenvalue weighted by Crippen LogP contribution is -2.25. The molecule has 0 aromatic heterocycles. The molecule has 0 amide bonds. The van der Waals surface area contributed by atoms with Gasteiger partial charge < -0.3 is 5.73 Å². The number of hydrogen-bond acceptors (Lipinski definition) is 4. The first kappa shape index (κ1) is 17.3. The number of nitrogens with one attached hydrogen (secondary N) is 1. The standard InChI is InChI=1S/C11H16Br2N2O2S2/c1-18-5-3-2-4-15-19(16,17)11-9(12)6-8(14)7-10(11)13/h6-7,15H,2-5,14H2,1H3. The van der Waals surface area contributed by atoms with Gasteiger partial charge in [-0.1, -0.05) is 0 Å². The predicted molar refractivity (Wildman–Crippen MR) is 89.1 cm³/mol. The lowest BCUT2D eigenvalue weighted by molar-refractivity contribution is 0.577. The molecule has 19 heavy (non-hydrogen) atoms. The van der Waals surface area contributed by atoms with E-state index in [0.717, 1.165) is 18.6 Å². The summed E-state index contributed by atoms with van der Waals surface area (Å²) in [6.07, 6.45) is 3.85. The van der Waals surface area contributed by atoms with Crippen LogP contribution < -0.4 is 10.5 Å². The van der Waals surface area contributed by atoms with Crippen molar-refractivity contribution in [2.75, 3.05) is 24.3 Å². The predicted octanol–water partition coefficient (Wildman–Crippen LogP) is 3.22. The van der Waals surface area contributed by atoms with Crippen LogP contribution >= 0.6 is 43.6 Å². The first-order valence-corrected chi connectivity index (χ1v) is 10.1. The summed E-state index contributed by atoms with van der Waals surface area (Å²) in [6, 6.07) is 3.15. The molecule has 0 bridgehead atoms. The van der Waals surface area contributed by atoms with Crippen molar-refractivity contribution >= 4 is 59.3 Å². The van der Waals surface area contributed by atoms with Crippen molar-refractivity contribution in [3.8, 4) is 0 Å². The minimum Gasteiger partial charge on any atom is -0.399 e. The molecule has 0 saturated carbocycles. The number of benzene rings is 1. The molecule has 1 rings (SSSR count). The van der Waals surface area contributed by atoms with Crippen LogP contribution in [-0.4, -0.2) is 27.0 Å². The van der Waals surface area contributed by atoms with E-state index in [0.29, 0.717) is 21.2 Å². The molecule has 0 unspecified atom stereocenters. The minimum atomic E-state index is -3.53. The number of nitrogen functional groups attached to an aromatic ring is 1. The second-order valence-corrected chi connectivity index (χ2v) is 8.31.